The van der Waals surface area contributed by atoms with Crippen LogP contribution in [0.15, 0.2) is 30.3 Å². The van der Waals surface area contributed by atoms with Crippen molar-refractivity contribution >= 4 is 17.6 Å². The third-order valence-corrected chi connectivity index (χ3v) is 7.22. The molecule has 35 heavy (non-hydrogen) atoms. The van der Waals surface area contributed by atoms with Crippen molar-refractivity contribution in [2.24, 2.45) is 24.8 Å². The maximum atomic E-state index is 14.3. The number of carbonyl (C=O) groups is 3. The predicted octanol–water partition coefficient (Wildman–Crippen LogP) is 3.54. The highest BCUT2D eigenvalue weighted by Crippen LogP contribution is 2.36. The molecule has 2 amide bonds. The van der Waals surface area contributed by atoms with E-state index in [0.29, 0.717) is 18.5 Å². The maximum absolute atomic E-state index is 14.3. The van der Waals surface area contributed by atoms with Gasteiger partial charge in [-0.2, -0.15) is 5.10 Å². The first-order valence-corrected chi connectivity index (χ1v) is 12.8. The van der Waals surface area contributed by atoms with Crippen LogP contribution in [0.25, 0.3) is 0 Å². The van der Waals surface area contributed by atoms with E-state index in [9.17, 15) is 14.4 Å². The molecule has 188 valence electrons. The van der Waals surface area contributed by atoms with E-state index in [2.05, 4.69) is 22.5 Å². The number of aryl methyl sites for hydroxylation is 2. The second-order valence-electron chi connectivity index (χ2n) is 11.1. The SMILES string of the molecule is Cc1cc([C@H](C(=O)CC(C)C)N2C(=O)[C@@H](C3Cc4ccccc4C3)NC(=O)[C@H]2CC(C)C)n(C)n1. The summed E-state index contributed by atoms with van der Waals surface area (Å²) in [7, 11) is 1.80. The van der Waals surface area contributed by atoms with Crippen LogP contribution in [0.3, 0.4) is 0 Å². The Morgan fingerprint density at radius 2 is 1.71 bits per heavy atom. The summed E-state index contributed by atoms with van der Waals surface area (Å²) < 4.78 is 1.69. The van der Waals surface area contributed by atoms with E-state index in [0.717, 1.165) is 18.5 Å². The third-order valence-electron chi connectivity index (χ3n) is 7.22. The van der Waals surface area contributed by atoms with Crippen LogP contribution < -0.4 is 5.32 Å². The maximum Gasteiger partial charge on any atom is 0.247 e. The third kappa shape index (κ3) is 5.04. The molecule has 4 rings (SSSR count). The van der Waals surface area contributed by atoms with Crippen molar-refractivity contribution in [3.63, 3.8) is 0 Å². The number of piperazine rings is 1. The summed E-state index contributed by atoms with van der Waals surface area (Å²) in [5.41, 5.74) is 3.90. The summed E-state index contributed by atoms with van der Waals surface area (Å²) >= 11 is 0. The molecule has 1 fully saturated rings. The standard InChI is InChI=1S/C28H38N4O3/c1-16(2)11-23-27(34)29-25(21-14-19-9-7-8-10-20(19)15-21)28(35)32(23)26(24(33)12-17(3)4)22-13-18(5)30-31(22)6/h7-10,13,16-17,21,23,25-26H,11-12,14-15H2,1-6H3,(H,29,34)/t23-,25-,26-/m1/s1. The minimum Gasteiger partial charge on any atom is -0.342 e. The summed E-state index contributed by atoms with van der Waals surface area (Å²) in [6, 6.07) is 7.90. The summed E-state index contributed by atoms with van der Waals surface area (Å²) in [5, 5.41) is 7.54. The van der Waals surface area contributed by atoms with Gasteiger partial charge in [0.1, 0.15) is 18.1 Å². The molecule has 2 heterocycles. The highest BCUT2D eigenvalue weighted by Gasteiger charge is 2.49. The number of aromatic nitrogens is 2. The fourth-order valence-corrected chi connectivity index (χ4v) is 5.74. The Morgan fingerprint density at radius 1 is 1.09 bits per heavy atom. The van der Waals surface area contributed by atoms with E-state index < -0.39 is 18.1 Å². The zero-order valence-electron chi connectivity index (χ0n) is 21.7. The zero-order valence-corrected chi connectivity index (χ0v) is 21.7. The smallest absolute Gasteiger partial charge is 0.247 e. The minimum absolute atomic E-state index is 0.0273. The minimum atomic E-state index is -0.836. The molecule has 0 saturated carbocycles. The van der Waals surface area contributed by atoms with E-state index >= 15 is 0 Å². The zero-order chi connectivity index (χ0) is 25.4. The molecule has 1 saturated heterocycles. The first kappa shape index (κ1) is 25.1. The molecular formula is C28H38N4O3. The van der Waals surface area contributed by atoms with Gasteiger partial charge in [-0.1, -0.05) is 52.0 Å². The molecule has 3 atom stereocenters. The quantitative estimate of drug-likeness (QED) is 0.629. The van der Waals surface area contributed by atoms with Gasteiger partial charge >= 0.3 is 0 Å². The number of benzene rings is 1. The summed E-state index contributed by atoms with van der Waals surface area (Å²) in [5.74, 6) is -0.0811. The van der Waals surface area contributed by atoms with Crippen LogP contribution in [-0.4, -0.2) is 44.4 Å². The Hall–Kier alpha value is -2.96. The number of hydrogen-bond donors (Lipinski definition) is 1. The lowest BCUT2D eigenvalue weighted by molar-refractivity contribution is -0.157. The van der Waals surface area contributed by atoms with Gasteiger partial charge < -0.3 is 10.2 Å². The molecule has 2 aliphatic rings. The van der Waals surface area contributed by atoms with Crippen molar-refractivity contribution in [2.45, 2.75) is 78.4 Å². The van der Waals surface area contributed by atoms with Crippen LogP contribution in [0.4, 0.5) is 0 Å². The highest BCUT2D eigenvalue weighted by atomic mass is 16.2. The lowest BCUT2D eigenvalue weighted by Crippen LogP contribution is -2.67. The molecule has 1 aromatic heterocycles. The van der Waals surface area contributed by atoms with Gasteiger partial charge in [-0.3, -0.25) is 19.1 Å². The van der Waals surface area contributed by atoms with Gasteiger partial charge in [0.2, 0.25) is 11.8 Å². The molecule has 0 bridgehead atoms. The molecule has 1 aliphatic carbocycles. The molecule has 1 N–H and O–H groups in total. The van der Waals surface area contributed by atoms with Crippen molar-refractivity contribution < 1.29 is 14.4 Å². The van der Waals surface area contributed by atoms with Gasteiger partial charge in [0, 0.05) is 13.5 Å². The van der Waals surface area contributed by atoms with Crippen LogP contribution in [0.1, 0.15) is 69.1 Å². The number of rotatable bonds is 8. The summed E-state index contributed by atoms with van der Waals surface area (Å²) in [6.45, 7) is 9.95. The Kier molecular flexibility index (Phi) is 7.15. The Balaban J connectivity index is 1.76. The van der Waals surface area contributed by atoms with Crippen LogP contribution in [0, 0.1) is 24.7 Å². The highest BCUT2D eigenvalue weighted by molar-refractivity contribution is 6.00. The molecule has 1 aromatic carbocycles. The first-order valence-electron chi connectivity index (χ1n) is 12.8. The van der Waals surface area contributed by atoms with Gasteiger partial charge in [0.15, 0.2) is 5.78 Å². The molecule has 0 radical (unpaired) electrons. The molecule has 0 unspecified atom stereocenters. The fourth-order valence-electron chi connectivity index (χ4n) is 5.74. The Morgan fingerprint density at radius 3 is 2.23 bits per heavy atom. The number of nitrogens with zero attached hydrogens (tertiary/aromatic N) is 3. The largest absolute Gasteiger partial charge is 0.342 e. The number of Topliss-reactive ketones (excluding diaryl/α,β-unsaturated/α-hetero) is 1. The van der Waals surface area contributed by atoms with E-state index in [1.807, 2.05) is 52.8 Å². The number of nitrogens with one attached hydrogen (secondary N) is 1. The van der Waals surface area contributed by atoms with Crippen LogP contribution >= 0.6 is 0 Å². The van der Waals surface area contributed by atoms with Gasteiger partial charge in [0.05, 0.1) is 11.4 Å². The first-order chi connectivity index (χ1) is 16.6. The number of amides is 2. The Labute approximate surface area is 208 Å². The second kappa shape index (κ2) is 9.96. The van der Waals surface area contributed by atoms with Crippen LogP contribution in [-0.2, 0) is 34.3 Å². The van der Waals surface area contributed by atoms with Crippen molar-refractivity contribution in [2.75, 3.05) is 0 Å². The average Bonchev–Trinajstić information content (AvgIpc) is 3.34. The number of hydrogen-bond acceptors (Lipinski definition) is 4. The van der Waals surface area contributed by atoms with Crippen molar-refractivity contribution in [1.82, 2.24) is 20.0 Å². The van der Waals surface area contributed by atoms with E-state index in [4.69, 9.17) is 0 Å². The monoisotopic (exact) mass is 478 g/mol. The average molecular weight is 479 g/mol. The topological polar surface area (TPSA) is 84.3 Å². The molecule has 2 aromatic rings. The molecule has 1 aliphatic heterocycles. The van der Waals surface area contributed by atoms with Crippen LogP contribution in [0.5, 0.6) is 0 Å². The fraction of sp³-hybridized carbons (Fsp3) is 0.571. The summed E-state index contributed by atoms with van der Waals surface area (Å²) in [6.07, 6.45) is 2.31. The van der Waals surface area contributed by atoms with Crippen molar-refractivity contribution in [3.8, 4) is 0 Å². The van der Waals surface area contributed by atoms with Gasteiger partial charge in [-0.05, 0) is 61.1 Å². The molecular weight excluding hydrogens is 440 g/mol. The normalized spacial score (nSPS) is 21.5. The van der Waals surface area contributed by atoms with Crippen LogP contribution in [0.2, 0.25) is 0 Å². The second-order valence-corrected chi connectivity index (χ2v) is 11.1. The molecule has 7 heteroatoms. The van der Waals surface area contributed by atoms with Crippen molar-refractivity contribution in [1.29, 1.82) is 0 Å². The van der Waals surface area contributed by atoms with Gasteiger partial charge in [-0.25, -0.2) is 0 Å². The van der Waals surface area contributed by atoms with Gasteiger partial charge in [0.25, 0.3) is 0 Å². The van der Waals surface area contributed by atoms with Crippen molar-refractivity contribution in [3.05, 3.63) is 52.8 Å². The van der Waals surface area contributed by atoms with E-state index in [1.54, 1.807) is 16.6 Å². The predicted molar refractivity (Wildman–Crippen MR) is 135 cm³/mol. The van der Waals surface area contributed by atoms with Gasteiger partial charge in [-0.15, -0.1) is 0 Å². The number of carbonyl (C=O) groups excluding carboxylic acids is 3. The lowest BCUT2D eigenvalue weighted by atomic mass is 9.87. The Bertz CT molecular complexity index is 1090. The molecule has 7 nitrogen and oxygen atoms in total. The molecule has 0 spiro atoms. The lowest BCUT2D eigenvalue weighted by Gasteiger charge is -2.44. The number of fused-ring (bicyclic) bond motifs is 1. The van der Waals surface area contributed by atoms with E-state index in [1.165, 1.54) is 11.1 Å². The van der Waals surface area contributed by atoms with E-state index in [-0.39, 0.29) is 35.4 Å². The summed E-state index contributed by atoms with van der Waals surface area (Å²) in [4.78, 5) is 43.2. The number of ketones is 1.